The zero-order valence-electron chi connectivity index (χ0n) is 12.5. The summed E-state index contributed by atoms with van der Waals surface area (Å²) in [7, 11) is 0. The van der Waals surface area contributed by atoms with E-state index in [1.54, 1.807) is 12.1 Å². The maximum atomic E-state index is 12.5. The van der Waals surface area contributed by atoms with Crippen molar-refractivity contribution in [1.82, 2.24) is 4.90 Å². The molecule has 1 saturated heterocycles. The van der Waals surface area contributed by atoms with E-state index in [2.05, 4.69) is 13.8 Å². The summed E-state index contributed by atoms with van der Waals surface area (Å²) in [4.78, 5) is 14.4. The molecule has 5 heteroatoms. The molecule has 2 N–H and O–H groups in total. The largest absolute Gasteiger partial charge is 0.334 e. The highest BCUT2D eigenvalue weighted by atomic mass is 35.5. The van der Waals surface area contributed by atoms with E-state index in [0.717, 1.165) is 18.4 Å². The molecule has 1 heterocycles. The number of carbonyl (C=O) groups is 1. The topological polar surface area (TPSA) is 46.3 Å². The Morgan fingerprint density at radius 2 is 1.95 bits per heavy atom. The first-order valence-corrected chi connectivity index (χ1v) is 8.16. The van der Waals surface area contributed by atoms with Gasteiger partial charge in [0.2, 0.25) is 5.91 Å². The van der Waals surface area contributed by atoms with Crippen molar-refractivity contribution >= 4 is 29.1 Å². The normalized spacial score (nSPS) is 23.5. The molecule has 0 spiro atoms. The van der Waals surface area contributed by atoms with Crippen LogP contribution in [0.2, 0.25) is 10.0 Å². The number of nitrogens with two attached hydrogens (primary N) is 1. The van der Waals surface area contributed by atoms with E-state index in [0.29, 0.717) is 28.9 Å². The van der Waals surface area contributed by atoms with Gasteiger partial charge in [-0.2, -0.15) is 0 Å². The zero-order valence-corrected chi connectivity index (χ0v) is 14.0. The van der Waals surface area contributed by atoms with Gasteiger partial charge >= 0.3 is 0 Å². The van der Waals surface area contributed by atoms with Gasteiger partial charge in [-0.25, -0.2) is 0 Å². The SMILES string of the molecule is CC(C)CN1C(=O)CCCC(N)C1c1c(Cl)cccc1Cl. The van der Waals surface area contributed by atoms with Crippen LogP contribution in [0.15, 0.2) is 18.2 Å². The zero-order chi connectivity index (χ0) is 15.6. The second-order valence-corrected chi connectivity index (χ2v) is 6.89. The monoisotopic (exact) mass is 328 g/mol. The molecule has 1 aromatic carbocycles. The lowest BCUT2D eigenvalue weighted by molar-refractivity contribution is -0.133. The van der Waals surface area contributed by atoms with E-state index in [4.69, 9.17) is 28.9 Å². The number of nitrogens with zero attached hydrogens (tertiary/aromatic N) is 1. The molecular formula is C16H22Cl2N2O. The van der Waals surface area contributed by atoms with E-state index in [1.807, 2.05) is 11.0 Å². The molecule has 0 bridgehead atoms. The summed E-state index contributed by atoms with van der Waals surface area (Å²) in [6, 6.07) is 5.03. The molecule has 21 heavy (non-hydrogen) atoms. The molecule has 1 fully saturated rings. The average molecular weight is 329 g/mol. The summed E-state index contributed by atoms with van der Waals surface area (Å²) in [5.74, 6) is 0.501. The molecule has 2 atom stereocenters. The van der Waals surface area contributed by atoms with Crippen molar-refractivity contribution in [2.24, 2.45) is 11.7 Å². The molecule has 1 amide bonds. The fraction of sp³-hybridized carbons (Fsp3) is 0.562. The van der Waals surface area contributed by atoms with Crippen LogP contribution in [-0.2, 0) is 4.79 Å². The van der Waals surface area contributed by atoms with Crippen LogP contribution in [-0.4, -0.2) is 23.4 Å². The molecule has 0 aliphatic carbocycles. The molecular weight excluding hydrogens is 307 g/mol. The van der Waals surface area contributed by atoms with Gasteiger partial charge in [-0.15, -0.1) is 0 Å². The Kier molecular flexibility index (Phi) is 5.53. The van der Waals surface area contributed by atoms with Gasteiger partial charge in [0.1, 0.15) is 0 Å². The molecule has 0 aromatic heterocycles. The molecule has 1 aliphatic rings. The minimum absolute atomic E-state index is 0.137. The summed E-state index contributed by atoms with van der Waals surface area (Å²) in [5, 5.41) is 1.15. The molecule has 1 aliphatic heterocycles. The van der Waals surface area contributed by atoms with E-state index in [9.17, 15) is 4.79 Å². The van der Waals surface area contributed by atoms with Crippen LogP contribution in [0.3, 0.4) is 0 Å². The van der Waals surface area contributed by atoms with Crippen molar-refractivity contribution in [3.63, 3.8) is 0 Å². The van der Waals surface area contributed by atoms with Gasteiger partial charge in [0.25, 0.3) is 0 Å². The number of carbonyl (C=O) groups excluding carboxylic acids is 1. The Morgan fingerprint density at radius 1 is 1.33 bits per heavy atom. The maximum absolute atomic E-state index is 12.5. The van der Waals surface area contributed by atoms with Crippen molar-refractivity contribution in [2.75, 3.05) is 6.54 Å². The molecule has 116 valence electrons. The molecule has 2 unspecified atom stereocenters. The first kappa shape index (κ1) is 16.6. The summed E-state index contributed by atoms with van der Waals surface area (Å²) < 4.78 is 0. The van der Waals surface area contributed by atoms with Crippen molar-refractivity contribution in [1.29, 1.82) is 0 Å². The Labute approximate surface area is 136 Å². The van der Waals surface area contributed by atoms with Gasteiger partial charge in [0.15, 0.2) is 0 Å². The van der Waals surface area contributed by atoms with E-state index in [1.165, 1.54) is 0 Å². The number of likely N-dealkylation sites (tertiary alicyclic amines) is 1. The van der Waals surface area contributed by atoms with Crippen LogP contribution >= 0.6 is 23.2 Å². The molecule has 3 nitrogen and oxygen atoms in total. The Hall–Kier alpha value is -0.770. The summed E-state index contributed by atoms with van der Waals surface area (Å²) in [6.07, 6.45) is 2.15. The molecule has 2 rings (SSSR count). The Bertz CT molecular complexity index is 499. The summed E-state index contributed by atoms with van der Waals surface area (Å²) in [6.45, 7) is 4.85. The van der Waals surface area contributed by atoms with Gasteiger partial charge < -0.3 is 10.6 Å². The number of halogens is 2. The van der Waals surface area contributed by atoms with Gasteiger partial charge in [-0.05, 0) is 30.9 Å². The van der Waals surface area contributed by atoms with Crippen LogP contribution in [0.4, 0.5) is 0 Å². The van der Waals surface area contributed by atoms with Crippen LogP contribution in [0.1, 0.15) is 44.7 Å². The maximum Gasteiger partial charge on any atom is 0.223 e. The lowest BCUT2D eigenvalue weighted by atomic mass is 9.95. The lowest BCUT2D eigenvalue weighted by Crippen LogP contribution is -2.44. The van der Waals surface area contributed by atoms with Crippen molar-refractivity contribution in [3.8, 4) is 0 Å². The standard InChI is InChI=1S/C16H22Cl2N2O/c1-10(2)9-20-14(21)8-4-7-13(19)16(20)15-11(17)5-3-6-12(15)18/h3,5-6,10,13,16H,4,7-9,19H2,1-2H3. The van der Waals surface area contributed by atoms with Crippen molar-refractivity contribution in [3.05, 3.63) is 33.8 Å². The number of amides is 1. The van der Waals surface area contributed by atoms with Gasteiger partial charge in [-0.3, -0.25) is 4.79 Å². The smallest absolute Gasteiger partial charge is 0.223 e. The van der Waals surface area contributed by atoms with Crippen molar-refractivity contribution < 1.29 is 4.79 Å². The third-order valence-corrected chi connectivity index (χ3v) is 4.51. The minimum Gasteiger partial charge on any atom is -0.334 e. The van der Waals surface area contributed by atoms with E-state index < -0.39 is 0 Å². The van der Waals surface area contributed by atoms with Gasteiger partial charge in [0.05, 0.1) is 6.04 Å². The van der Waals surface area contributed by atoms with Crippen molar-refractivity contribution in [2.45, 2.75) is 45.2 Å². The summed E-state index contributed by atoms with van der Waals surface area (Å²) in [5.41, 5.74) is 7.15. The molecule has 1 aromatic rings. The highest BCUT2D eigenvalue weighted by molar-refractivity contribution is 6.36. The molecule has 0 radical (unpaired) electrons. The minimum atomic E-state index is -0.247. The lowest BCUT2D eigenvalue weighted by Gasteiger charge is -2.36. The van der Waals surface area contributed by atoms with Gasteiger partial charge in [0, 0.05) is 34.6 Å². The first-order chi connectivity index (χ1) is 9.91. The van der Waals surface area contributed by atoms with Gasteiger partial charge in [-0.1, -0.05) is 43.1 Å². The number of hydrogen-bond acceptors (Lipinski definition) is 2. The van der Waals surface area contributed by atoms with Crippen LogP contribution < -0.4 is 5.73 Å². The fourth-order valence-corrected chi connectivity index (χ4v) is 3.57. The second-order valence-electron chi connectivity index (χ2n) is 6.08. The average Bonchev–Trinajstić information content (AvgIpc) is 2.51. The number of rotatable bonds is 3. The third kappa shape index (κ3) is 3.71. The predicted octanol–water partition coefficient (Wildman–Crippen LogP) is 4.03. The first-order valence-electron chi connectivity index (χ1n) is 7.40. The summed E-state index contributed by atoms with van der Waals surface area (Å²) >= 11 is 12.7. The quantitative estimate of drug-likeness (QED) is 0.910. The highest BCUT2D eigenvalue weighted by Crippen LogP contribution is 2.38. The van der Waals surface area contributed by atoms with Crippen LogP contribution in [0.5, 0.6) is 0 Å². The van der Waals surface area contributed by atoms with E-state index in [-0.39, 0.29) is 18.0 Å². The predicted molar refractivity (Wildman–Crippen MR) is 87.6 cm³/mol. The molecule has 0 saturated carbocycles. The Balaban J connectivity index is 2.49. The Morgan fingerprint density at radius 3 is 2.52 bits per heavy atom. The van der Waals surface area contributed by atoms with Crippen LogP contribution in [0, 0.1) is 5.92 Å². The second kappa shape index (κ2) is 6.99. The number of hydrogen-bond donors (Lipinski definition) is 1. The fourth-order valence-electron chi connectivity index (χ4n) is 2.95. The third-order valence-electron chi connectivity index (χ3n) is 3.85. The van der Waals surface area contributed by atoms with Crippen LogP contribution in [0.25, 0.3) is 0 Å². The van der Waals surface area contributed by atoms with E-state index >= 15 is 0 Å². The number of benzene rings is 1. The highest BCUT2D eigenvalue weighted by Gasteiger charge is 2.35.